The molecule has 7 heteroatoms. The number of anilines is 1. The van der Waals surface area contributed by atoms with Gasteiger partial charge in [0.25, 0.3) is 5.69 Å². The summed E-state index contributed by atoms with van der Waals surface area (Å²) in [6, 6.07) is 3.29. The molecule has 0 saturated heterocycles. The second-order valence-electron chi connectivity index (χ2n) is 3.34. The Morgan fingerprint density at radius 3 is 2.41 bits per heavy atom. The van der Waals surface area contributed by atoms with Gasteiger partial charge in [-0.1, -0.05) is 0 Å². The van der Waals surface area contributed by atoms with Crippen LogP contribution < -0.4 is 4.90 Å². The molecular weight excluding hydrogens is 228 g/mol. The van der Waals surface area contributed by atoms with Crippen molar-refractivity contribution < 1.29 is 19.6 Å². The Labute approximate surface area is 96.4 Å². The maximum atomic E-state index is 11.2. The van der Waals surface area contributed by atoms with Crippen molar-refractivity contribution in [3.63, 3.8) is 0 Å². The summed E-state index contributed by atoms with van der Waals surface area (Å²) in [7, 11) is 1.34. The number of rotatable bonds is 3. The van der Waals surface area contributed by atoms with Crippen molar-refractivity contribution in [3.05, 3.63) is 33.9 Å². The van der Waals surface area contributed by atoms with Crippen LogP contribution >= 0.6 is 0 Å². The van der Waals surface area contributed by atoms with Crippen molar-refractivity contribution in [2.45, 2.75) is 6.92 Å². The van der Waals surface area contributed by atoms with Crippen LogP contribution in [0.4, 0.5) is 11.4 Å². The molecule has 0 heterocycles. The minimum atomic E-state index is -1.21. The Morgan fingerprint density at radius 1 is 1.41 bits per heavy atom. The fourth-order valence-corrected chi connectivity index (χ4v) is 1.25. The van der Waals surface area contributed by atoms with Gasteiger partial charge in [0.05, 0.1) is 10.5 Å². The monoisotopic (exact) mass is 238 g/mol. The summed E-state index contributed by atoms with van der Waals surface area (Å²) in [5, 5.41) is 19.5. The van der Waals surface area contributed by atoms with E-state index in [2.05, 4.69) is 0 Å². The predicted molar refractivity (Wildman–Crippen MR) is 59.1 cm³/mol. The fraction of sp³-hybridized carbons (Fsp3) is 0.200. The molecule has 0 radical (unpaired) electrons. The van der Waals surface area contributed by atoms with E-state index in [9.17, 15) is 19.7 Å². The largest absolute Gasteiger partial charge is 0.478 e. The third-order valence-corrected chi connectivity index (χ3v) is 2.25. The molecule has 0 aliphatic rings. The lowest BCUT2D eigenvalue weighted by molar-refractivity contribution is -0.384. The molecule has 17 heavy (non-hydrogen) atoms. The lowest BCUT2D eigenvalue weighted by atomic mass is 10.1. The summed E-state index contributed by atoms with van der Waals surface area (Å²) >= 11 is 0. The first-order valence-corrected chi connectivity index (χ1v) is 4.60. The van der Waals surface area contributed by atoms with Crippen molar-refractivity contribution in [1.82, 2.24) is 0 Å². The number of nitro benzene ring substituents is 1. The number of carbonyl (C=O) groups is 2. The molecule has 1 aromatic carbocycles. The van der Waals surface area contributed by atoms with Gasteiger partial charge >= 0.3 is 5.97 Å². The smallest absolute Gasteiger partial charge is 0.335 e. The number of hydrogen-bond acceptors (Lipinski definition) is 4. The van der Waals surface area contributed by atoms with Crippen molar-refractivity contribution in [1.29, 1.82) is 0 Å². The van der Waals surface area contributed by atoms with Gasteiger partial charge in [0, 0.05) is 20.0 Å². The normalized spacial score (nSPS) is 9.76. The topological polar surface area (TPSA) is 101 Å². The molecule has 0 atom stereocenters. The molecular formula is C10H10N2O5. The molecule has 90 valence electrons. The first-order valence-electron chi connectivity index (χ1n) is 4.60. The molecule has 0 bridgehead atoms. The van der Waals surface area contributed by atoms with Gasteiger partial charge in [-0.3, -0.25) is 14.9 Å². The number of hydrogen-bond donors (Lipinski definition) is 1. The van der Waals surface area contributed by atoms with E-state index in [1.807, 2.05) is 0 Å². The molecule has 0 saturated carbocycles. The fourth-order valence-electron chi connectivity index (χ4n) is 1.25. The van der Waals surface area contributed by atoms with E-state index in [-0.39, 0.29) is 16.9 Å². The second-order valence-corrected chi connectivity index (χ2v) is 3.34. The first-order chi connectivity index (χ1) is 7.84. The Morgan fingerprint density at radius 2 is 2.00 bits per heavy atom. The van der Waals surface area contributed by atoms with E-state index in [0.29, 0.717) is 0 Å². The maximum absolute atomic E-state index is 11.2. The zero-order valence-electron chi connectivity index (χ0n) is 9.21. The average Bonchev–Trinajstić information content (AvgIpc) is 2.26. The number of amides is 1. The maximum Gasteiger partial charge on any atom is 0.335 e. The Balaban J connectivity index is 3.40. The third kappa shape index (κ3) is 2.57. The van der Waals surface area contributed by atoms with Crippen molar-refractivity contribution >= 4 is 23.3 Å². The van der Waals surface area contributed by atoms with Crippen LogP contribution in [0.3, 0.4) is 0 Å². The SMILES string of the molecule is CC(=O)N(C)c1cc(C(=O)O)ccc1[N+](=O)[O-]. The number of nitrogens with zero attached hydrogens (tertiary/aromatic N) is 2. The van der Waals surface area contributed by atoms with Crippen molar-refractivity contribution in [2.75, 3.05) is 11.9 Å². The number of nitro groups is 1. The predicted octanol–water partition coefficient (Wildman–Crippen LogP) is 1.28. The lowest BCUT2D eigenvalue weighted by Gasteiger charge is -2.15. The Bertz CT molecular complexity index is 497. The highest BCUT2D eigenvalue weighted by Crippen LogP contribution is 2.28. The minimum Gasteiger partial charge on any atom is -0.478 e. The molecule has 1 aromatic rings. The van der Waals surface area contributed by atoms with Crippen molar-refractivity contribution in [3.8, 4) is 0 Å². The van der Waals surface area contributed by atoms with Gasteiger partial charge in [-0.25, -0.2) is 4.79 Å². The van der Waals surface area contributed by atoms with Crippen LogP contribution in [0.25, 0.3) is 0 Å². The highest BCUT2D eigenvalue weighted by molar-refractivity contribution is 5.96. The number of carboxylic acid groups (broad SMARTS) is 1. The van der Waals surface area contributed by atoms with Crippen LogP contribution in [0.5, 0.6) is 0 Å². The van der Waals surface area contributed by atoms with Crippen LogP contribution in [0.2, 0.25) is 0 Å². The van der Waals surface area contributed by atoms with Gasteiger partial charge in [-0.15, -0.1) is 0 Å². The minimum absolute atomic E-state index is 0.0394. The molecule has 0 fully saturated rings. The summed E-state index contributed by atoms with van der Waals surface area (Å²) in [4.78, 5) is 33.0. The van der Waals surface area contributed by atoms with Crippen LogP contribution in [0, 0.1) is 10.1 Å². The van der Waals surface area contributed by atoms with Gasteiger partial charge in [0.1, 0.15) is 5.69 Å². The number of aromatic carboxylic acids is 1. The summed E-state index contributed by atoms with van der Waals surface area (Å²) < 4.78 is 0. The number of benzene rings is 1. The molecule has 0 aromatic heterocycles. The zero-order valence-corrected chi connectivity index (χ0v) is 9.21. The molecule has 0 spiro atoms. The van der Waals surface area contributed by atoms with E-state index in [1.165, 1.54) is 14.0 Å². The standard InChI is InChI=1S/C10H10N2O5/c1-6(13)11(2)9-5-7(10(14)15)3-4-8(9)12(16)17/h3-5H,1-2H3,(H,14,15). The zero-order chi connectivity index (χ0) is 13.2. The van der Waals surface area contributed by atoms with Gasteiger partial charge in [0.15, 0.2) is 0 Å². The summed E-state index contributed by atoms with van der Waals surface area (Å²) in [5.41, 5.74) is -0.464. The molecule has 1 N–H and O–H groups in total. The summed E-state index contributed by atoms with van der Waals surface area (Å²) in [5.74, 6) is -1.63. The number of carboxylic acids is 1. The van der Waals surface area contributed by atoms with Crippen LogP contribution in [-0.2, 0) is 4.79 Å². The Kier molecular flexibility index (Phi) is 3.42. The van der Waals surface area contributed by atoms with Crippen LogP contribution in [0.1, 0.15) is 17.3 Å². The van der Waals surface area contributed by atoms with E-state index < -0.39 is 16.8 Å². The van der Waals surface area contributed by atoms with E-state index >= 15 is 0 Å². The highest BCUT2D eigenvalue weighted by atomic mass is 16.6. The molecule has 1 amide bonds. The van der Waals surface area contributed by atoms with Gasteiger partial charge in [0.2, 0.25) is 5.91 Å². The third-order valence-electron chi connectivity index (χ3n) is 2.25. The molecule has 7 nitrogen and oxygen atoms in total. The average molecular weight is 238 g/mol. The first kappa shape index (κ1) is 12.6. The summed E-state index contributed by atoms with van der Waals surface area (Å²) in [6.45, 7) is 1.23. The number of carbonyl (C=O) groups excluding carboxylic acids is 1. The van der Waals surface area contributed by atoms with E-state index in [4.69, 9.17) is 5.11 Å². The van der Waals surface area contributed by atoms with Crippen LogP contribution in [0.15, 0.2) is 18.2 Å². The molecule has 0 unspecified atom stereocenters. The molecule has 0 aliphatic heterocycles. The van der Waals surface area contributed by atoms with Gasteiger partial charge in [-0.2, -0.15) is 0 Å². The van der Waals surface area contributed by atoms with Crippen molar-refractivity contribution in [2.24, 2.45) is 0 Å². The van der Waals surface area contributed by atoms with Gasteiger partial charge < -0.3 is 10.0 Å². The quantitative estimate of drug-likeness (QED) is 0.631. The van der Waals surface area contributed by atoms with E-state index in [0.717, 1.165) is 23.1 Å². The van der Waals surface area contributed by atoms with E-state index in [1.54, 1.807) is 0 Å². The molecule has 0 aliphatic carbocycles. The highest BCUT2D eigenvalue weighted by Gasteiger charge is 2.21. The second kappa shape index (κ2) is 4.60. The lowest BCUT2D eigenvalue weighted by Crippen LogP contribution is -2.24. The Hall–Kier alpha value is -2.44. The van der Waals surface area contributed by atoms with Crippen LogP contribution in [-0.4, -0.2) is 29.0 Å². The van der Waals surface area contributed by atoms with Gasteiger partial charge in [-0.05, 0) is 12.1 Å². The molecule has 1 rings (SSSR count). The summed E-state index contributed by atoms with van der Waals surface area (Å²) in [6.07, 6.45) is 0.